The van der Waals surface area contributed by atoms with Gasteiger partial charge in [0, 0.05) is 12.7 Å². The summed E-state index contributed by atoms with van der Waals surface area (Å²) < 4.78 is 18.2. The molecule has 0 aliphatic rings. The molecule has 0 aliphatic carbocycles. The lowest BCUT2D eigenvalue weighted by Crippen LogP contribution is -2.11. The third-order valence-corrected chi connectivity index (χ3v) is 2.12. The summed E-state index contributed by atoms with van der Waals surface area (Å²) in [7, 11) is 0. The van der Waals surface area contributed by atoms with Crippen molar-refractivity contribution in [2.45, 2.75) is 12.5 Å². The first-order chi connectivity index (χ1) is 7.20. The lowest BCUT2D eigenvalue weighted by atomic mass is 10.2. The molecule has 0 bridgehead atoms. The minimum atomic E-state index is -0.453. The van der Waals surface area contributed by atoms with Crippen LogP contribution in [0.2, 0.25) is 0 Å². The molecular formula is C10H11FN2O2. The Labute approximate surface area is 85.5 Å². The zero-order valence-corrected chi connectivity index (χ0v) is 7.98. The topological polar surface area (TPSA) is 72.3 Å². The fourth-order valence-electron chi connectivity index (χ4n) is 1.34. The molecule has 0 amide bonds. The number of oxazole rings is 1. The third kappa shape index (κ3) is 1.98. The number of benzene rings is 1. The largest absolute Gasteiger partial charge is 0.439 e. The van der Waals surface area contributed by atoms with E-state index < -0.39 is 6.04 Å². The number of aliphatic hydroxyl groups excluding tert-OH is 1. The van der Waals surface area contributed by atoms with Gasteiger partial charge in [-0.1, -0.05) is 0 Å². The maximum atomic E-state index is 12.8. The van der Waals surface area contributed by atoms with Crippen molar-refractivity contribution in [3.8, 4) is 0 Å². The van der Waals surface area contributed by atoms with E-state index in [0.717, 1.165) is 0 Å². The van der Waals surface area contributed by atoms with E-state index in [4.69, 9.17) is 15.3 Å². The van der Waals surface area contributed by atoms with E-state index in [2.05, 4.69) is 4.98 Å². The summed E-state index contributed by atoms with van der Waals surface area (Å²) in [5, 5.41) is 8.71. The lowest BCUT2D eigenvalue weighted by molar-refractivity contribution is 0.268. The summed E-state index contributed by atoms with van der Waals surface area (Å²) in [4.78, 5) is 4.05. The molecule has 0 radical (unpaired) electrons. The van der Waals surface area contributed by atoms with Gasteiger partial charge >= 0.3 is 0 Å². The van der Waals surface area contributed by atoms with Crippen LogP contribution in [0, 0.1) is 5.82 Å². The predicted octanol–water partition coefficient (Wildman–Crippen LogP) is 1.35. The Hall–Kier alpha value is -1.46. The highest BCUT2D eigenvalue weighted by molar-refractivity contribution is 5.72. The van der Waals surface area contributed by atoms with Gasteiger partial charge in [0.2, 0.25) is 5.89 Å². The van der Waals surface area contributed by atoms with Crippen LogP contribution in [0.5, 0.6) is 0 Å². The van der Waals surface area contributed by atoms with Crippen LogP contribution in [0.25, 0.3) is 11.1 Å². The summed E-state index contributed by atoms with van der Waals surface area (Å²) >= 11 is 0. The number of aliphatic hydroxyl groups is 1. The lowest BCUT2D eigenvalue weighted by Gasteiger charge is -2.02. The molecule has 15 heavy (non-hydrogen) atoms. The van der Waals surface area contributed by atoms with Crippen LogP contribution in [0.3, 0.4) is 0 Å². The Morgan fingerprint density at radius 3 is 3.07 bits per heavy atom. The fraction of sp³-hybridized carbons (Fsp3) is 0.300. The van der Waals surface area contributed by atoms with Crippen molar-refractivity contribution in [2.75, 3.05) is 6.61 Å². The summed E-state index contributed by atoms with van der Waals surface area (Å²) in [6, 6.07) is 3.64. The van der Waals surface area contributed by atoms with Crippen molar-refractivity contribution in [2.24, 2.45) is 5.73 Å². The molecule has 4 nitrogen and oxygen atoms in total. The molecule has 0 saturated carbocycles. The molecule has 80 valence electrons. The van der Waals surface area contributed by atoms with Crippen LogP contribution in [0.1, 0.15) is 18.4 Å². The Morgan fingerprint density at radius 2 is 2.33 bits per heavy atom. The second-order valence-corrected chi connectivity index (χ2v) is 3.28. The molecule has 0 spiro atoms. The van der Waals surface area contributed by atoms with Gasteiger partial charge in [-0.3, -0.25) is 0 Å². The van der Waals surface area contributed by atoms with Gasteiger partial charge in [0.1, 0.15) is 11.3 Å². The number of nitrogens with two attached hydrogens (primary N) is 1. The number of hydrogen-bond donors (Lipinski definition) is 2. The van der Waals surface area contributed by atoms with E-state index in [-0.39, 0.29) is 12.4 Å². The first-order valence-electron chi connectivity index (χ1n) is 4.63. The number of aromatic nitrogens is 1. The highest BCUT2D eigenvalue weighted by atomic mass is 19.1. The normalized spacial score (nSPS) is 13.3. The monoisotopic (exact) mass is 210 g/mol. The van der Waals surface area contributed by atoms with Gasteiger partial charge in [-0.05, 0) is 18.6 Å². The second-order valence-electron chi connectivity index (χ2n) is 3.28. The minimum absolute atomic E-state index is 0.0335. The quantitative estimate of drug-likeness (QED) is 0.802. The van der Waals surface area contributed by atoms with E-state index in [9.17, 15) is 4.39 Å². The molecule has 1 unspecified atom stereocenters. The molecule has 0 saturated heterocycles. The third-order valence-electron chi connectivity index (χ3n) is 2.12. The van der Waals surface area contributed by atoms with Gasteiger partial charge < -0.3 is 15.3 Å². The Kier molecular flexibility index (Phi) is 2.66. The predicted molar refractivity (Wildman–Crippen MR) is 52.6 cm³/mol. The molecule has 2 aromatic rings. The minimum Gasteiger partial charge on any atom is -0.439 e. The smallest absolute Gasteiger partial charge is 0.212 e. The number of rotatable bonds is 3. The molecule has 5 heteroatoms. The first kappa shape index (κ1) is 10.1. The van der Waals surface area contributed by atoms with Gasteiger partial charge in [0.25, 0.3) is 0 Å². The molecular weight excluding hydrogens is 199 g/mol. The highest BCUT2D eigenvalue weighted by Crippen LogP contribution is 2.21. The fourth-order valence-corrected chi connectivity index (χ4v) is 1.34. The summed E-state index contributed by atoms with van der Waals surface area (Å²) in [5.41, 5.74) is 6.64. The molecule has 1 aromatic carbocycles. The molecule has 3 N–H and O–H groups in total. The molecule has 1 aromatic heterocycles. The van der Waals surface area contributed by atoms with E-state index in [1.54, 1.807) is 0 Å². The van der Waals surface area contributed by atoms with Crippen molar-refractivity contribution in [3.05, 3.63) is 29.9 Å². The van der Waals surface area contributed by atoms with E-state index >= 15 is 0 Å². The summed E-state index contributed by atoms with van der Waals surface area (Å²) in [5.74, 6) is -0.0391. The molecule has 0 aliphatic heterocycles. The molecule has 2 rings (SSSR count). The van der Waals surface area contributed by atoms with E-state index in [0.29, 0.717) is 23.4 Å². The van der Waals surface area contributed by atoms with Crippen molar-refractivity contribution >= 4 is 11.1 Å². The van der Waals surface area contributed by atoms with E-state index in [1.165, 1.54) is 18.2 Å². The number of fused-ring (bicyclic) bond motifs is 1. The molecule has 1 heterocycles. The highest BCUT2D eigenvalue weighted by Gasteiger charge is 2.13. The number of halogens is 1. The maximum Gasteiger partial charge on any atom is 0.212 e. The second kappa shape index (κ2) is 3.96. The van der Waals surface area contributed by atoms with Crippen molar-refractivity contribution in [1.82, 2.24) is 4.98 Å². The summed E-state index contributed by atoms with van der Waals surface area (Å²) in [6.45, 7) is -0.0335. The standard InChI is InChI=1S/C10H11FN2O2/c11-6-1-2-9-8(5-6)13-10(15-9)7(12)3-4-14/h1-2,5,7,14H,3-4,12H2. The zero-order valence-electron chi connectivity index (χ0n) is 7.98. The van der Waals surface area contributed by atoms with Crippen molar-refractivity contribution in [3.63, 3.8) is 0 Å². The summed E-state index contributed by atoms with van der Waals surface area (Å²) in [6.07, 6.45) is 0.370. The first-order valence-corrected chi connectivity index (χ1v) is 4.63. The van der Waals surface area contributed by atoms with E-state index in [1.807, 2.05) is 0 Å². The van der Waals surface area contributed by atoms with Crippen LogP contribution in [-0.2, 0) is 0 Å². The van der Waals surface area contributed by atoms with Crippen LogP contribution in [0.4, 0.5) is 4.39 Å². The van der Waals surface area contributed by atoms with Crippen molar-refractivity contribution < 1.29 is 13.9 Å². The van der Waals surface area contributed by atoms with Gasteiger partial charge in [-0.2, -0.15) is 0 Å². The van der Waals surface area contributed by atoms with Gasteiger partial charge in [0.05, 0.1) is 6.04 Å². The Morgan fingerprint density at radius 1 is 1.53 bits per heavy atom. The van der Waals surface area contributed by atoms with Gasteiger partial charge in [0.15, 0.2) is 5.58 Å². The average Bonchev–Trinajstić information content (AvgIpc) is 2.60. The van der Waals surface area contributed by atoms with Crippen LogP contribution < -0.4 is 5.73 Å². The number of nitrogens with zero attached hydrogens (tertiary/aromatic N) is 1. The van der Waals surface area contributed by atoms with Crippen LogP contribution in [-0.4, -0.2) is 16.7 Å². The SMILES string of the molecule is NC(CCO)c1nc2cc(F)ccc2o1. The Bertz CT molecular complexity index is 469. The van der Waals surface area contributed by atoms with Crippen LogP contribution >= 0.6 is 0 Å². The average molecular weight is 210 g/mol. The van der Waals surface area contributed by atoms with Crippen LogP contribution in [0.15, 0.2) is 22.6 Å². The number of hydrogen-bond acceptors (Lipinski definition) is 4. The van der Waals surface area contributed by atoms with Crippen molar-refractivity contribution in [1.29, 1.82) is 0 Å². The Balaban J connectivity index is 2.38. The zero-order chi connectivity index (χ0) is 10.8. The van der Waals surface area contributed by atoms with Gasteiger partial charge in [-0.15, -0.1) is 0 Å². The van der Waals surface area contributed by atoms with Gasteiger partial charge in [-0.25, -0.2) is 9.37 Å². The molecule has 0 fully saturated rings. The maximum absolute atomic E-state index is 12.8. The molecule has 1 atom stereocenters.